The van der Waals surface area contributed by atoms with Gasteiger partial charge in [-0.2, -0.15) is 0 Å². The van der Waals surface area contributed by atoms with Crippen molar-refractivity contribution < 1.29 is 19.8 Å². The predicted molar refractivity (Wildman–Crippen MR) is 87.0 cm³/mol. The largest absolute Gasteiger partial charge is 0.508 e. The monoisotopic (exact) mass is 323 g/mol. The van der Waals surface area contributed by atoms with Crippen LogP contribution in [0.4, 0.5) is 0 Å². The van der Waals surface area contributed by atoms with E-state index in [4.69, 9.17) is 5.11 Å². The van der Waals surface area contributed by atoms with Crippen LogP contribution in [0, 0.1) is 0 Å². The van der Waals surface area contributed by atoms with Crippen molar-refractivity contribution >= 4 is 11.8 Å². The average Bonchev–Trinajstić information content (AvgIpc) is 2.48. The van der Waals surface area contributed by atoms with Crippen molar-refractivity contribution in [1.82, 2.24) is 15.5 Å². The zero-order valence-electron chi connectivity index (χ0n) is 13.6. The van der Waals surface area contributed by atoms with E-state index >= 15 is 0 Å². The number of phenols is 1. The average molecular weight is 323 g/mol. The fourth-order valence-corrected chi connectivity index (χ4v) is 2.13. The van der Waals surface area contributed by atoms with Gasteiger partial charge in [0.1, 0.15) is 11.8 Å². The molecule has 1 aromatic carbocycles. The maximum Gasteiger partial charge on any atom is 0.243 e. The molecule has 0 saturated heterocycles. The number of rotatable bonds is 9. The molecule has 0 aliphatic rings. The fraction of sp³-hybridized carbons (Fsp3) is 0.500. The lowest BCUT2D eigenvalue weighted by atomic mass is 10.1. The first-order valence-electron chi connectivity index (χ1n) is 7.54. The van der Waals surface area contributed by atoms with Gasteiger partial charge in [-0.05, 0) is 31.2 Å². The molecular weight excluding hydrogens is 298 g/mol. The van der Waals surface area contributed by atoms with E-state index in [9.17, 15) is 14.7 Å². The van der Waals surface area contributed by atoms with Gasteiger partial charge in [-0.1, -0.05) is 12.1 Å². The van der Waals surface area contributed by atoms with Crippen LogP contribution in [0.15, 0.2) is 24.3 Å². The van der Waals surface area contributed by atoms with Crippen LogP contribution >= 0.6 is 0 Å². The molecule has 0 aromatic heterocycles. The molecule has 0 saturated carbocycles. The standard InChI is InChI=1S/C16H25N3O4/c1-12(21)18-15(11-19(2)9-10-20)16(23)17-8-7-13-3-5-14(22)6-4-13/h3-6,15,20,22H,7-11H2,1-2H3,(H,17,23)(H,18,21). The summed E-state index contributed by atoms with van der Waals surface area (Å²) in [6.07, 6.45) is 0.630. The molecule has 2 amide bonds. The van der Waals surface area contributed by atoms with Gasteiger partial charge >= 0.3 is 0 Å². The summed E-state index contributed by atoms with van der Waals surface area (Å²) < 4.78 is 0. The van der Waals surface area contributed by atoms with E-state index in [1.807, 2.05) is 0 Å². The molecule has 7 heteroatoms. The third kappa shape index (κ3) is 7.62. The van der Waals surface area contributed by atoms with Gasteiger partial charge < -0.3 is 25.7 Å². The van der Waals surface area contributed by atoms with E-state index in [1.165, 1.54) is 6.92 Å². The number of aliphatic hydroxyl groups excluding tert-OH is 1. The molecule has 0 radical (unpaired) electrons. The summed E-state index contributed by atoms with van der Waals surface area (Å²) >= 11 is 0. The smallest absolute Gasteiger partial charge is 0.243 e. The minimum atomic E-state index is -0.663. The van der Waals surface area contributed by atoms with Gasteiger partial charge in [-0.3, -0.25) is 9.59 Å². The van der Waals surface area contributed by atoms with E-state index in [0.29, 0.717) is 26.1 Å². The van der Waals surface area contributed by atoms with Gasteiger partial charge in [0.25, 0.3) is 0 Å². The first kappa shape index (κ1) is 18.9. The van der Waals surface area contributed by atoms with E-state index in [2.05, 4.69) is 10.6 Å². The Morgan fingerprint density at radius 1 is 1.26 bits per heavy atom. The van der Waals surface area contributed by atoms with Gasteiger partial charge in [0.2, 0.25) is 11.8 Å². The Kier molecular flexibility index (Phi) is 8.07. The van der Waals surface area contributed by atoms with Crippen LogP contribution in [0.25, 0.3) is 0 Å². The number of aliphatic hydroxyl groups is 1. The van der Waals surface area contributed by atoms with Crippen LogP contribution in [-0.2, 0) is 16.0 Å². The molecule has 7 nitrogen and oxygen atoms in total. The summed E-state index contributed by atoms with van der Waals surface area (Å²) in [7, 11) is 1.77. The van der Waals surface area contributed by atoms with Crippen molar-refractivity contribution in [2.45, 2.75) is 19.4 Å². The Balaban J connectivity index is 2.48. The highest BCUT2D eigenvalue weighted by atomic mass is 16.3. The number of carbonyl (C=O) groups excluding carboxylic acids is 2. The molecule has 0 fully saturated rings. The Labute approximate surface area is 136 Å². The molecule has 0 heterocycles. The van der Waals surface area contributed by atoms with Crippen LogP contribution in [0.1, 0.15) is 12.5 Å². The van der Waals surface area contributed by atoms with Gasteiger partial charge in [0, 0.05) is 26.6 Å². The molecule has 0 aliphatic heterocycles. The number of nitrogens with zero attached hydrogens (tertiary/aromatic N) is 1. The van der Waals surface area contributed by atoms with Gasteiger partial charge in [0.05, 0.1) is 6.61 Å². The summed E-state index contributed by atoms with van der Waals surface area (Å²) in [5.74, 6) is -0.333. The number of hydrogen-bond acceptors (Lipinski definition) is 5. The highest BCUT2D eigenvalue weighted by molar-refractivity contribution is 5.87. The quantitative estimate of drug-likeness (QED) is 0.490. The summed E-state index contributed by atoms with van der Waals surface area (Å²) in [4.78, 5) is 25.2. The Bertz CT molecular complexity index is 505. The second kappa shape index (κ2) is 9.81. The highest BCUT2D eigenvalue weighted by Crippen LogP contribution is 2.09. The Morgan fingerprint density at radius 3 is 2.48 bits per heavy atom. The minimum Gasteiger partial charge on any atom is -0.508 e. The number of amides is 2. The number of benzene rings is 1. The van der Waals surface area contributed by atoms with Crippen molar-refractivity contribution in [3.8, 4) is 5.75 Å². The first-order valence-corrected chi connectivity index (χ1v) is 7.54. The van der Waals surface area contributed by atoms with Gasteiger partial charge in [-0.15, -0.1) is 0 Å². The molecule has 1 rings (SSSR count). The number of carbonyl (C=O) groups is 2. The molecule has 0 aliphatic carbocycles. The number of aromatic hydroxyl groups is 1. The second-order valence-electron chi connectivity index (χ2n) is 5.45. The lowest BCUT2D eigenvalue weighted by Gasteiger charge is -2.23. The van der Waals surface area contributed by atoms with Crippen LogP contribution in [0.2, 0.25) is 0 Å². The normalized spacial score (nSPS) is 12.0. The van der Waals surface area contributed by atoms with Crippen molar-refractivity contribution in [1.29, 1.82) is 0 Å². The van der Waals surface area contributed by atoms with Gasteiger partial charge in [-0.25, -0.2) is 0 Å². The first-order chi connectivity index (χ1) is 10.9. The van der Waals surface area contributed by atoms with Crippen LogP contribution < -0.4 is 10.6 Å². The van der Waals surface area contributed by atoms with E-state index in [0.717, 1.165) is 5.56 Å². The van der Waals surface area contributed by atoms with Crippen molar-refractivity contribution in [3.05, 3.63) is 29.8 Å². The third-order valence-electron chi connectivity index (χ3n) is 3.32. The SMILES string of the molecule is CC(=O)NC(CN(C)CCO)C(=O)NCCc1ccc(O)cc1. The Hall–Kier alpha value is -2.12. The summed E-state index contributed by atoms with van der Waals surface area (Å²) in [5.41, 5.74) is 0.997. The highest BCUT2D eigenvalue weighted by Gasteiger charge is 2.20. The Morgan fingerprint density at radius 2 is 1.91 bits per heavy atom. The number of likely N-dealkylation sites (N-methyl/N-ethyl adjacent to an activating group) is 1. The van der Waals surface area contributed by atoms with Crippen LogP contribution in [0.5, 0.6) is 5.75 Å². The maximum absolute atomic E-state index is 12.2. The van der Waals surface area contributed by atoms with Crippen LogP contribution in [0.3, 0.4) is 0 Å². The lowest BCUT2D eigenvalue weighted by Crippen LogP contribution is -2.52. The zero-order chi connectivity index (χ0) is 17.2. The summed E-state index contributed by atoms with van der Waals surface area (Å²) in [5, 5.41) is 23.5. The van der Waals surface area contributed by atoms with Crippen molar-refractivity contribution in [3.63, 3.8) is 0 Å². The minimum absolute atomic E-state index is 0.00817. The zero-order valence-corrected chi connectivity index (χ0v) is 13.6. The fourth-order valence-electron chi connectivity index (χ4n) is 2.13. The van der Waals surface area contributed by atoms with Crippen molar-refractivity contribution in [2.75, 3.05) is 33.3 Å². The molecule has 128 valence electrons. The van der Waals surface area contributed by atoms with Crippen molar-refractivity contribution in [2.24, 2.45) is 0 Å². The topological polar surface area (TPSA) is 102 Å². The molecule has 1 atom stereocenters. The predicted octanol–water partition coefficient (Wildman–Crippen LogP) is -0.520. The molecular formula is C16H25N3O4. The lowest BCUT2D eigenvalue weighted by molar-refractivity contribution is -0.128. The molecule has 1 unspecified atom stereocenters. The van der Waals surface area contributed by atoms with E-state index in [1.54, 1.807) is 36.2 Å². The number of nitrogens with one attached hydrogen (secondary N) is 2. The number of hydrogen-bond donors (Lipinski definition) is 4. The second-order valence-corrected chi connectivity index (χ2v) is 5.45. The third-order valence-corrected chi connectivity index (χ3v) is 3.32. The molecule has 1 aromatic rings. The summed E-state index contributed by atoms with van der Waals surface area (Å²) in [6, 6.07) is 6.12. The number of phenolic OH excluding ortho intramolecular Hbond substituents is 1. The maximum atomic E-state index is 12.2. The van der Waals surface area contributed by atoms with E-state index < -0.39 is 6.04 Å². The molecule has 4 N–H and O–H groups in total. The molecule has 0 spiro atoms. The summed E-state index contributed by atoms with van der Waals surface area (Å²) in [6.45, 7) is 2.54. The van der Waals surface area contributed by atoms with Crippen LogP contribution in [-0.4, -0.2) is 66.3 Å². The molecule has 0 bridgehead atoms. The molecule has 23 heavy (non-hydrogen) atoms. The van der Waals surface area contributed by atoms with E-state index in [-0.39, 0.29) is 24.2 Å². The van der Waals surface area contributed by atoms with Gasteiger partial charge in [0.15, 0.2) is 0 Å².